The fourth-order valence-corrected chi connectivity index (χ4v) is 2.33. The average Bonchev–Trinajstić information content (AvgIpc) is 2.78. The number of hydrogen-bond acceptors (Lipinski definition) is 3. The maximum absolute atomic E-state index is 12.3. The smallest absolute Gasteiger partial charge is 0.143 e. The summed E-state index contributed by atoms with van der Waals surface area (Å²) in [7, 11) is 0. The van der Waals surface area contributed by atoms with Gasteiger partial charge in [0, 0.05) is 24.6 Å². The van der Waals surface area contributed by atoms with Gasteiger partial charge in [0.2, 0.25) is 0 Å². The molecule has 2 rings (SSSR count). The summed E-state index contributed by atoms with van der Waals surface area (Å²) >= 11 is 0. The van der Waals surface area contributed by atoms with Crippen LogP contribution in [0.4, 0.5) is 0 Å². The molecule has 17 heavy (non-hydrogen) atoms. The van der Waals surface area contributed by atoms with E-state index in [-0.39, 0.29) is 5.41 Å². The maximum Gasteiger partial charge on any atom is 0.143 e. The second-order valence-electron chi connectivity index (χ2n) is 5.11. The van der Waals surface area contributed by atoms with E-state index in [1.165, 1.54) is 0 Å². The molecule has 1 fully saturated rings. The first-order valence-corrected chi connectivity index (χ1v) is 6.39. The first-order valence-electron chi connectivity index (χ1n) is 6.39. The lowest BCUT2D eigenvalue weighted by Crippen LogP contribution is -2.40. The summed E-state index contributed by atoms with van der Waals surface area (Å²) in [4.78, 5) is 12.3. The van der Waals surface area contributed by atoms with Crippen LogP contribution in [0.2, 0.25) is 0 Å². The van der Waals surface area contributed by atoms with Gasteiger partial charge in [-0.05, 0) is 38.4 Å². The fraction of sp³-hybridized carbons (Fsp3) is 0.692. The summed E-state index contributed by atoms with van der Waals surface area (Å²) < 4.78 is 1.87. The minimum atomic E-state index is -0.139. The number of carbonyl (C=O) groups is 1. The summed E-state index contributed by atoms with van der Waals surface area (Å²) in [6.45, 7) is 6.91. The van der Waals surface area contributed by atoms with Gasteiger partial charge < -0.3 is 5.32 Å². The SMILES string of the molecule is CCn1cc(CC(=O)C2(C)CCNCC2)cn1. The van der Waals surface area contributed by atoms with Crippen LogP contribution in [0.15, 0.2) is 12.4 Å². The molecular formula is C13H21N3O. The van der Waals surface area contributed by atoms with Gasteiger partial charge >= 0.3 is 0 Å². The Bertz CT molecular complexity index is 391. The van der Waals surface area contributed by atoms with E-state index in [0.29, 0.717) is 12.2 Å². The maximum atomic E-state index is 12.3. The van der Waals surface area contributed by atoms with Crippen molar-refractivity contribution in [2.75, 3.05) is 13.1 Å². The molecular weight excluding hydrogens is 214 g/mol. The third-order valence-electron chi connectivity index (χ3n) is 3.76. The van der Waals surface area contributed by atoms with Crippen LogP contribution in [0, 0.1) is 5.41 Å². The van der Waals surface area contributed by atoms with Gasteiger partial charge in [-0.25, -0.2) is 0 Å². The Kier molecular flexibility index (Phi) is 3.62. The first kappa shape index (κ1) is 12.3. The van der Waals surface area contributed by atoms with Gasteiger partial charge in [0.05, 0.1) is 6.20 Å². The highest BCUT2D eigenvalue weighted by Gasteiger charge is 2.33. The van der Waals surface area contributed by atoms with Crippen molar-refractivity contribution in [2.24, 2.45) is 5.41 Å². The number of hydrogen-bond donors (Lipinski definition) is 1. The molecule has 0 aliphatic carbocycles. The number of carbonyl (C=O) groups excluding carboxylic acids is 1. The number of ketones is 1. The average molecular weight is 235 g/mol. The molecule has 0 unspecified atom stereocenters. The number of piperidine rings is 1. The van der Waals surface area contributed by atoms with Gasteiger partial charge in [-0.3, -0.25) is 9.48 Å². The topological polar surface area (TPSA) is 46.9 Å². The van der Waals surface area contributed by atoms with Crippen LogP contribution in [0.5, 0.6) is 0 Å². The number of Topliss-reactive ketones (excluding diaryl/α,β-unsaturated/α-hetero) is 1. The molecule has 94 valence electrons. The Labute approximate surface area is 102 Å². The summed E-state index contributed by atoms with van der Waals surface area (Å²) in [5, 5.41) is 7.51. The Morgan fingerprint density at radius 3 is 2.82 bits per heavy atom. The highest BCUT2D eigenvalue weighted by atomic mass is 16.1. The van der Waals surface area contributed by atoms with Crippen molar-refractivity contribution in [3.05, 3.63) is 18.0 Å². The zero-order chi connectivity index (χ0) is 12.3. The Morgan fingerprint density at radius 1 is 1.53 bits per heavy atom. The number of rotatable bonds is 4. The van der Waals surface area contributed by atoms with Gasteiger partial charge in [-0.1, -0.05) is 6.92 Å². The largest absolute Gasteiger partial charge is 0.317 e. The van der Waals surface area contributed by atoms with E-state index in [9.17, 15) is 4.79 Å². The molecule has 1 N–H and O–H groups in total. The number of aromatic nitrogens is 2. The second-order valence-corrected chi connectivity index (χ2v) is 5.11. The van der Waals surface area contributed by atoms with E-state index in [1.54, 1.807) is 0 Å². The third kappa shape index (κ3) is 2.75. The molecule has 0 amide bonds. The minimum Gasteiger partial charge on any atom is -0.317 e. The molecule has 1 aromatic heterocycles. The van der Waals surface area contributed by atoms with Gasteiger partial charge in [0.1, 0.15) is 5.78 Å². The van der Waals surface area contributed by atoms with Gasteiger partial charge in [-0.2, -0.15) is 5.10 Å². The van der Waals surface area contributed by atoms with E-state index >= 15 is 0 Å². The molecule has 1 aliphatic heterocycles. The fourth-order valence-electron chi connectivity index (χ4n) is 2.33. The zero-order valence-electron chi connectivity index (χ0n) is 10.7. The van der Waals surface area contributed by atoms with E-state index in [2.05, 4.69) is 17.3 Å². The van der Waals surface area contributed by atoms with Gasteiger partial charge in [-0.15, -0.1) is 0 Å². The predicted octanol–water partition coefficient (Wildman–Crippen LogP) is 1.40. The van der Waals surface area contributed by atoms with Crippen molar-refractivity contribution in [3.8, 4) is 0 Å². The summed E-state index contributed by atoms with van der Waals surface area (Å²) in [5.74, 6) is 0.356. The van der Waals surface area contributed by atoms with E-state index in [0.717, 1.165) is 38.0 Å². The predicted molar refractivity (Wildman–Crippen MR) is 66.8 cm³/mol. The van der Waals surface area contributed by atoms with Gasteiger partial charge in [0.15, 0.2) is 0 Å². The van der Waals surface area contributed by atoms with Crippen molar-refractivity contribution < 1.29 is 4.79 Å². The van der Waals surface area contributed by atoms with E-state index < -0.39 is 0 Å². The summed E-state index contributed by atoms with van der Waals surface area (Å²) in [6, 6.07) is 0. The lowest BCUT2D eigenvalue weighted by molar-refractivity contribution is -0.128. The van der Waals surface area contributed by atoms with Crippen molar-refractivity contribution in [3.63, 3.8) is 0 Å². The molecule has 0 spiro atoms. The van der Waals surface area contributed by atoms with Crippen molar-refractivity contribution in [1.82, 2.24) is 15.1 Å². The molecule has 0 radical (unpaired) electrons. The first-order chi connectivity index (χ1) is 8.14. The van der Waals surface area contributed by atoms with Crippen LogP contribution in [-0.4, -0.2) is 28.7 Å². The number of nitrogens with one attached hydrogen (secondary N) is 1. The molecule has 1 aromatic rings. The van der Waals surface area contributed by atoms with E-state index in [4.69, 9.17) is 0 Å². The van der Waals surface area contributed by atoms with Crippen molar-refractivity contribution >= 4 is 5.78 Å². The molecule has 4 heteroatoms. The van der Waals surface area contributed by atoms with Crippen LogP contribution in [-0.2, 0) is 17.8 Å². The number of nitrogens with zero attached hydrogens (tertiary/aromatic N) is 2. The Balaban J connectivity index is 2.00. The Hall–Kier alpha value is -1.16. The molecule has 2 heterocycles. The molecule has 0 atom stereocenters. The molecule has 4 nitrogen and oxygen atoms in total. The summed E-state index contributed by atoms with van der Waals surface area (Å²) in [6.07, 6.45) is 6.21. The minimum absolute atomic E-state index is 0.139. The Morgan fingerprint density at radius 2 is 2.24 bits per heavy atom. The van der Waals surface area contributed by atoms with Crippen LogP contribution < -0.4 is 5.32 Å². The molecule has 0 bridgehead atoms. The van der Waals surface area contributed by atoms with Crippen molar-refractivity contribution in [1.29, 1.82) is 0 Å². The van der Waals surface area contributed by atoms with E-state index in [1.807, 2.05) is 24.0 Å². The van der Waals surface area contributed by atoms with Crippen LogP contribution in [0.1, 0.15) is 32.3 Å². The molecule has 0 aromatic carbocycles. The zero-order valence-corrected chi connectivity index (χ0v) is 10.7. The number of aryl methyl sites for hydroxylation is 1. The van der Waals surface area contributed by atoms with Crippen LogP contribution in [0.25, 0.3) is 0 Å². The third-order valence-corrected chi connectivity index (χ3v) is 3.76. The lowest BCUT2D eigenvalue weighted by atomic mass is 9.75. The molecule has 0 saturated carbocycles. The monoisotopic (exact) mass is 235 g/mol. The standard InChI is InChI=1S/C13H21N3O/c1-3-16-10-11(9-15-16)8-12(17)13(2)4-6-14-7-5-13/h9-10,14H,3-8H2,1-2H3. The second kappa shape index (κ2) is 5.00. The van der Waals surface area contributed by atoms with Crippen LogP contribution >= 0.6 is 0 Å². The van der Waals surface area contributed by atoms with Crippen molar-refractivity contribution in [2.45, 2.75) is 39.7 Å². The quantitative estimate of drug-likeness (QED) is 0.858. The normalized spacial score (nSPS) is 19.2. The lowest BCUT2D eigenvalue weighted by Gasteiger charge is -2.32. The van der Waals surface area contributed by atoms with Gasteiger partial charge in [0.25, 0.3) is 0 Å². The highest BCUT2D eigenvalue weighted by molar-refractivity contribution is 5.86. The molecule has 1 aliphatic rings. The summed E-state index contributed by atoms with van der Waals surface area (Å²) in [5.41, 5.74) is 0.899. The highest BCUT2D eigenvalue weighted by Crippen LogP contribution is 2.30. The van der Waals surface area contributed by atoms with Crippen LogP contribution in [0.3, 0.4) is 0 Å². The molecule has 1 saturated heterocycles.